The van der Waals surface area contributed by atoms with Gasteiger partial charge in [0.1, 0.15) is 11.4 Å². The highest BCUT2D eigenvalue weighted by molar-refractivity contribution is 6.31. The van der Waals surface area contributed by atoms with Crippen molar-refractivity contribution in [3.8, 4) is 5.75 Å². The van der Waals surface area contributed by atoms with Gasteiger partial charge in [-0.2, -0.15) is 0 Å². The topological polar surface area (TPSA) is 88.0 Å². The van der Waals surface area contributed by atoms with Gasteiger partial charge >= 0.3 is 0 Å². The van der Waals surface area contributed by atoms with Crippen LogP contribution < -0.4 is 15.0 Å². The van der Waals surface area contributed by atoms with Crippen LogP contribution in [-0.4, -0.2) is 55.1 Å². The van der Waals surface area contributed by atoms with Gasteiger partial charge in [0.05, 0.1) is 17.6 Å². The molecular weight excluding hydrogens is 408 g/mol. The summed E-state index contributed by atoms with van der Waals surface area (Å²) in [5.41, 5.74) is 2.01. The molecule has 2 aromatic rings. The Morgan fingerprint density at radius 1 is 1.17 bits per heavy atom. The molecule has 1 heterocycles. The van der Waals surface area contributed by atoms with Crippen LogP contribution in [0.5, 0.6) is 5.75 Å². The predicted molar refractivity (Wildman–Crippen MR) is 116 cm³/mol. The van der Waals surface area contributed by atoms with Gasteiger partial charge in [0.25, 0.3) is 11.6 Å². The van der Waals surface area contributed by atoms with Gasteiger partial charge in [0, 0.05) is 49.0 Å². The molecule has 1 saturated heterocycles. The van der Waals surface area contributed by atoms with E-state index in [9.17, 15) is 14.9 Å². The first-order valence-corrected chi connectivity index (χ1v) is 10.3. The van der Waals surface area contributed by atoms with Crippen LogP contribution in [0.2, 0.25) is 5.02 Å². The lowest BCUT2D eigenvalue weighted by Crippen LogP contribution is -2.48. The highest BCUT2D eigenvalue weighted by Gasteiger charge is 2.28. The second-order valence-electron chi connectivity index (χ2n) is 7.50. The minimum absolute atomic E-state index is 0.0903. The van der Waals surface area contributed by atoms with E-state index in [4.69, 9.17) is 16.3 Å². The number of methoxy groups -OCH3 is 1. The number of hydrogen-bond donors (Lipinski definition) is 1. The van der Waals surface area contributed by atoms with Gasteiger partial charge in [0.2, 0.25) is 0 Å². The summed E-state index contributed by atoms with van der Waals surface area (Å²) in [7, 11) is 1.53. The van der Waals surface area contributed by atoms with E-state index in [0.717, 1.165) is 18.5 Å². The zero-order chi connectivity index (χ0) is 21.3. The van der Waals surface area contributed by atoms with E-state index >= 15 is 0 Å². The number of nitrogens with zero attached hydrogens (tertiary/aromatic N) is 3. The van der Waals surface area contributed by atoms with Gasteiger partial charge in [-0.1, -0.05) is 11.6 Å². The third kappa shape index (κ3) is 4.28. The molecule has 30 heavy (non-hydrogen) atoms. The number of rotatable bonds is 6. The first-order valence-electron chi connectivity index (χ1n) is 9.89. The van der Waals surface area contributed by atoms with Crippen molar-refractivity contribution in [2.24, 2.45) is 0 Å². The maximum Gasteiger partial charge on any atom is 0.292 e. The van der Waals surface area contributed by atoms with Crippen LogP contribution in [0, 0.1) is 10.1 Å². The van der Waals surface area contributed by atoms with Gasteiger partial charge in [0.15, 0.2) is 0 Å². The molecule has 0 bridgehead atoms. The van der Waals surface area contributed by atoms with E-state index in [1.54, 1.807) is 35.2 Å². The van der Waals surface area contributed by atoms with E-state index in [1.165, 1.54) is 7.11 Å². The quantitative estimate of drug-likeness (QED) is 0.554. The summed E-state index contributed by atoms with van der Waals surface area (Å²) in [6, 6.07) is 10.5. The van der Waals surface area contributed by atoms with E-state index < -0.39 is 0 Å². The molecule has 2 aromatic carbocycles. The Bertz CT molecular complexity index is 971. The molecule has 9 heteroatoms. The molecule has 1 N–H and O–H groups in total. The van der Waals surface area contributed by atoms with Crippen LogP contribution in [-0.2, 0) is 0 Å². The van der Waals surface area contributed by atoms with Crippen LogP contribution in [0.4, 0.5) is 17.1 Å². The smallest absolute Gasteiger partial charge is 0.292 e. The number of ether oxygens (including phenoxy) is 1. The maximum atomic E-state index is 13.0. The first kappa shape index (κ1) is 20.3. The number of nitrogens with one attached hydrogen (secondary N) is 1. The van der Waals surface area contributed by atoms with Crippen LogP contribution in [0.25, 0.3) is 0 Å². The summed E-state index contributed by atoms with van der Waals surface area (Å²) in [5, 5.41) is 15.1. The molecular formula is C21H23ClN4O4. The van der Waals surface area contributed by atoms with E-state index in [2.05, 4.69) is 10.2 Å². The van der Waals surface area contributed by atoms with Crippen molar-refractivity contribution in [2.45, 2.75) is 18.9 Å². The average molecular weight is 431 g/mol. The van der Waals surface area contributed by atoms with Crippen molar-refractivity contribution in [3.63, 3.8) is 0 Å². The number of benzene rings is 2. The molecule has 0 aromatic heterocycles. The zero-order valence-electron chi connectivity index (χ0n) is 16.6. The Morgan fingerprint density at radius 3 is 2.53 bits per heavy atom. The molecule has 1 saturated carbocycles. The minimum atomic E-state index is -0.358. The highest BCUT2D eigenvalue weighted by Crippen LogP contribution is 2.34. The molecule has 1 aliphatic carbocycles. The van der Waals surface area contributed by atoms with Crippen LogP contribution >= 0.6 is 11.6 Å². The average Bonchev–Trinajstić information content (AvgIpc) is 3.57. The molecule has 0 atom stereocenters. The summed E-state index contributed by atoms with van der Waals surface area (Å²) in [6.07, 6.45) is 2.07. The first-order chi connectivity index (χ1) is 14.5. The Balaban J connectivity index is 1.46. The number of piperazine rings is 1. The van der Waals surface area contributed by atoms with Gasteiger partial charge in [-0.05, 0) is 43.2 Å². The molecule has 8 nitrogen and oxygen atoms in total. The molecule has 158 valence electrons. The van der Waals surface area contributed by atoms with Crippen LogP contribution in [0.15, 0.2) is 36.4 Å². The fourth-order valence-electron chi connectivity index (χ4n) is 3.63. The van der Waals surface area contributed by atoms with Gasteiger partial charge in [-0.15, -0.1) is 0 Å². The highest BCUT2D eigenvalue weighted by atomic mass is 35.5. The SMILES string of the molecule is COc1ccc(Cl)cc1C(=O)N1CCN(c2ccc([N+](=O)[O-])c(NC3CC3)c2)CC1. The Hall–Kier alpha value is -3.00. The number of amides is 1. The summed E-state index contributed by atoms with van der Waals surface area (Å²) in [4.78, 5) is 27.8. The molecule has 1 aliphatic heterocycles. The Morgan fingerprint density at radius 2 is 1.90 bits per heavy atom. The number of hydrogen-bond acceptors (Lipinski definition) is 6. The second kappa shape index (κ2) is 8.39. The number of carbonyl (C=O) groups is 1. The van der Waals surface area contributed by atoms with Crippen molar-refractivity contribution in [2.75, 3.05) is 43.5 Å². The molecule has 2 fully saturated rings. The lowest BCUT2D eigenvalue weighted by molar-refractivity contribution is -0.384. The number of halogens is 1. The van der Waals surface area contributed by atoms with E-state index in [1.807, 2.05) is 6.07 Å². The van der Waals surface area contributed by atoms with Crippen molar-refractivity contribution >= 4 is 34.6 Å². The molecule has 4 rings (SSSR count). The summed E-state index contributed by atoms with van der Waals surface area (Å²) < 4.78 is 5.30. The molecule has 2 aliphatic rings. The third-order valence-corrected chi connectivity index (χ3v) is 5.67. The zero-order valence-corrected chi connectivity index (χ0v) is 17.4. The largest absolute Gasteiger partial charge is 0.496 e. The summed E-state index contributed by atoms with van der Waals surface area (Å²) in [6.45, 7) is 2.35. The van der Waals surface area contributed by atoms with Crippen molar-refractivity contribution < 1.29 is 14.5 Å². The van der Waals surface area contributed by atoms with E-state index in [0.29, 0.717) is 54.2 Å². The normalized spacial score (nSPS) is 16.3. The Kier molecular flexibility index (Phi) is 5.67. The second-order valence-corrected chi connectivity index (χ2v) is 7.94. The Labute approximate surface area is 179 Å². The number of carbonyl (C=O) groups excluding carboxylic acids is 1. The lowest BCUT2D eigenvalue weighted by Gasteiger charge is -2.36. The minimum Gasteiger partial charge on any atom is -0.496 e. The summed E-state index contributed by atoms with van der Waals surface area (Å²) >= 11 is 6.06. The van der Waals surface area contributed by atoms with E-state index in [-0.39, 0.29) is 16.5 Å². The fraction of sp³-hybridized carbons (Fsp3) is 0.381. The maximum absolute atomic E-state index is 13.0. The molecule has 0 radical (unpaired) electrons. The van der Waals surface area contributed by atoms with Gasteiger partial charge in [-0.3, -0.25) is 14.9 Å². The van der Waals surface area contributed by atoms with Crippen LogP contribution in [0.3, 0.4) is 0 Å². The lowest BCUT2D eigenvalue weighted by atomic mass is 10.1. The third-order valence-electron chi connectivity index (χ3n) is 5.44. The monoisotopic (exact) mass is 430 g/mol. The number of nitro benzene ring substituents is 1. The van der Waals surface area contributed by atoms with Gasteiger partial charge in [-0.25, -0.2) is 0 Å². The number of anilines is 2. The number of nitro groups is 1. The van der Waals surface area contributed by atoms with Crippen LogP contribution in [0.1, 0.15) is 23.2 Å². The van der Waals surface area contributed by atoms with Crippen molar-refractivity contribution in [1.82, 2.24) is 4.90 Å². The molecule has 0 unspecified atom stereocenters. The predicted octanol–water partition coefficient (Wildman–Crippen LogP) is 3.79. The van der Waals surface area contributed by atoms with Crippen molar-refractivity contribution in [3.05, 3.63) is 57.1 Å². The summed E-state index contributed by atoms with van der Waals surface area (Å²) in [5.74, 6) is 0.381. The molecule has 0 spiro atoms. The van der Waals surface area contributed by atoms with Gasteiger partial charge < -0.3 is 19.9 Å². The van der Waals surface area contributed by atoms with Crippen molar-refractivity contribution in [1.29, 1.82) is 0 Å². The fourth-order valence-corrected chi connectivity index (χ4v) is 3.80. The standard InChI is InChI=1S/C21H23ClN4O4/c1-30-20-7-2-14(22)12-17(20)21(27)25-10-8-24(9-11-25)16-5-6-19(26(28)29)18(13-16)23-15-3-4-15/h2,5-7,12-13,15,23H,3-4,8-11H2,1H3. The molecule has 1 amide bonds.